The summed E-state index contributed by atoms with van der Waals surface area (Å²) in [6.45, 7) is 0.633. The number of hydrogen-bond acceptors (Lipinski definition) is 2. The Kier molecular flexibility index (Phi) is 5.38. The van der Waals surface area contributed by atoms with Crippen LogP contribution in [0.25, 0.3) is 0 Å². The van der Waals surface area contributed by atoms with Gasteiger partial charge in [-0.2, -0.15) is 0 Å². The van der Waals surface area contributed by atoms with Crippen molar-refractivity contribution < 1.29 is 9.18 Å². The number of benzene rings is 1. The minimum atomic E-state index is -0.358. The van der Waals surface area contributed by atoms with Crippen LogP contribution in [0.15, 0.2) is 22.7 Å². The number of nitrogens with zero attached hydrogens (tertiary/aromatic N) is 1. The lowest BCUT2D eigenvalue weighted by Crippen LogP contribution is -2.53. The van der Waals surface area contributed by atoms with E-state index in [0.29, 0.717) is 16.6 Å². The second-order valence-electron chi connectivity index (χ2n) is 5.99. The summed E-state index contributed by atoms with van der Waals surface area (Å²) in [6, 6.07) is 4.34. The van der Waals surface area contributed by atoms with Gasteiger partial charge in [-0.25, -0.2) is 4.39 Å². The molecule has 0 bridgehead atoms. The van der Waals surface area contributed by atoms with Crippen LogP contribution in [0.2, 0.25) is 0 Å². The van der Waals surface area contributed by atoms with Crippen molar-refractivity contribution in [3.63, 3.8) is 0 Å². The summed E-state index contributed by atoms with van der Waals surface area (Å²) in [5, 5.41) is 3.01. The van der Waals surface area contributed by atoms with E-state index in [1.54, 1.807) is 0 Å². The summed E-state index contributed by atoms with van der Waals surface area (Å²) in [6.07, 6.45) is 5.89. The van der Waals surface area contributed by atoms with Crippen molar-refractivity contribution in [2.75, 3.05) is 20.6 Å². The largest absolute Gasteiger partial charge is 0.350 e. The van der Waals surface area contributed by atoms with Crippen molar-refractivity contribution in [3.05, 3.63) is 34.1 Å². The summed E-state index contributed by atoms with van der Waals surface area (Å²) in [5.74, 6) is -0.508. The molecule has 1 saturated carbocycles. The molecule has 3 nitrogen and oxygen atoms in total. The van der Waals surface area contributed by atoms with Gasteiger partial charge < -0.3 is 10.2 Å². The highest BCUT2D eigenvalue weighted by Gasteiger charge is 2.34. The molecule has 0 unspecified atom stereocenters. The van der Waals surface area contributed by atoms with Crippen LogP contribution in [0.4, 0.5) is 4.39 Å². The van der Waals surface area contributed by atoms with E-state index >= 15 is 0 Å². The molecule has 1 fully saturated rings. The minimum Gasteiger partial charge on any atom is -0.350 e. The Morgan fingerprint density at radius 3 is 2.57 bits per heavy atom. The lowest BCUT2D eigenvalue weighted by molar-refractivity contribution is 0.0799. The number of carbonyl (C=O) groups excluding carboxylic acids is 1. The van der Waals surface area contributed by atoms with E-state index in [-0.39, 0.29) is 17.3 Å². The third-order valence-electron chi connectivity index (χ3n) is 4.49. The monoisotopic (exact) mass is 356 g/mol. The van der Waals surface area contributed by atoms with Gasteiger partial charge in [-0.1, -0.05) is 19.3 Å². The average molecular weight is 357 g/mol. The lowest BCUT2D eigenvalue weighted by Gasteiger charge is -2.43. The zero-order valence-corrected chi connectivity index (χ0v) is 14.2. The maximum absolute atomic E-state index is 13.2. The quantitative estimate of drug-likeness (QED) is 0.893. The molecule has 21 heavy (non-hydrogen) atoms. The van der Waals surface area contributed by atoms with E-state index in [9.17, 15) is 9.18 Å². The SMILES string of the molecule is CN(C)C1(CNC(=O)c2ccc(F)c(Br)c2)CCCCC1. The zero-order valence-electron chi connectivity index (χ0n) is 12.6. The van der Waals surface area contributed by atoms with E-state index < -0.39 is 0 Å². The van der Waals surface area contributed by atoms with Crippen molar-refractivity contribution in [2.45, 2.75) is 37.6 Å². The van der Waals surface area contributed by atoms with Crippen LogP contribution in [0.5, 0.6) is 0 Å². The Hall–Kier alpha value is -0.940. The smallest absolute Gasteiger partial charge is 0.251 e. The molecule has 0 aliphatic heterocycles. The Morgan fingerprint density at radius 2 is 2.00 bits per heavy atom. The highest BCUT2D eigenvalue weighted by Crippen LogP contribution is 2.31. The maximum atomic E-state index is 13.2. The van der Waals surface area contributed by atoms with Crippen molar-refractivity contribution in [3.8, 4) is 0 Å². The lowest BCUT2D eigenvalue weighted by atomic mass is 9.80. The standard InChI is InChI=1S/C16H22BrFN2O/c1-20(2)16(8-4-3-5-9-16)11-19-15(21)12-6-7-14(18)13(17)10-12/h6-7,10H,3-5,8-9,11H2,1-2H3,(H,19,21). The third-order valence-corrected chi connectivity index (χ3v) is 5.10. The maximum Gasteiger partial charge on any atom is 0.251 e. The molecule has 1 aromatic rings. The average Bonchev–Trinajstić information content (AvgIpc) is 2.48. The van der Waals surface area contributed by atoms with Gasteiger partial charge in [0.15, 0.2) is 0 Å². The van der Waals surface area contributed by atoms with Gasteiger partial charge in [-0.15, -0.1) is 0 Å². The zero-order chi connectivity index (χ0) is 15.5. The van der Waals surface area contributed by atoms with Gasteiger partial charge in [-0.3, -0.25) is 4.79 Å². The van der Waals surface area contributed by atoms with Gasteiger partial charge in [0.25, 0.3) is 5.91 Å². The van der Waals surface area contributed by atoms with E-state index in [0.717, 1.165) is 12.8 Å². The predicted molar refractivity (Wildman–Crippen MR) is 85.9 cm³/mol. The van der Waals surface area contributed by atoms with Gasteiger partial charge in [0.1, 0.15) is 5.82 Å². The molecular formula is C16H22BrFN2O. The predicted octanol–water partition coefficient (Wildman–Crippen LogP) is 3.58. The molecule has 116 valence electrons. The van der Waals surface area contributed by atoms with E-state index in [4.69, 9.17) is 0 Å². The molecule has 1 N–H and O–H groups in total. The summed E-state index contributed by atoms with van der Waals surface area (Å²) in [4.78, 5) is 14.5. The molecule has 1 aliphatic carbocycles. The van der Waals surface area contributed by atoms with Gasteiger partial charge in [0, 0.05) is 17.6 Å². The van der Waals surface area contributed by atoms with Crippen LogP contribution in [0, 0.1) is 5.82 Å². The summed E-state index contributed by atoms with van der Waals surface area (Å²) >= 11 is 3.11. The fourth-order valence-corrected chi connectivity index (χ4v) is 3.36. The van der Waals surface area contributed by atoms with E-state index in [2.05, 4.69) is 40.2 Å². The molecule has 0 heterocycles. The normalized spacial score (nSPS) is 17.8. The number of halogens is 2. The second-order valence-corrected chi connectivity index (χ2v) is 6.85. The van der Waals surface area contributed by atoms with Gasteiger partial charge >= 0.3 is 0 Å². The third kappa shape index (κ3) is 3.83. The van der Waals surface area contributed by atoms with Gasteiger partial charge in [0.05, 0.1) is 4.47 Å². The number of carbonyl (C=O) groups is 1. The first kappa shape index (κ1) is 16.4. The topological polar surface area (TPSA) is 32.3 Å². The van der Waals surface area contributed by atoms with E-state index in [1.807, 2.05) is 0 Å². The number of nitrogens with one attached hydrogen (secondary N) is 1. The summed E-state index contributed by atoms with van der Waals surface area (Å²) < 4.78 is 13.5. The van der Waals surface area contributed by atoms with Crippen LogP contribution in [0.3, 0.4) is 0 Å². The summed E-state index contributed by atoms with van der Waals surface area (Å²) in [7, 11) is 4.15. The Morgan fingerprint density at radius 1 is 1.33 bits per heavy atom. The van der Waals surface area contributed by atoms with Crippen LogP contribution in [-0.4, -0.2) is 37.0 Å². The Balaban J connectivity index is 2.03. The van der Waals surface area contributed by atoms with Crippen LogP contribution < -0.4 is 5.32 Å². The molecule has 5 heteroatoms. The van der Waals surface area contributed by atoms with Crippen LogP contribution >= 0.6 is 15.9 Å². The number of rotatable bonds is 4. The summed E-state index contributed by atoms with van der Waals surface area (Å²) in [5.41, 5.74) is 0.526. The molecular weight excluding hydrogens is 335 g/mol. The van der Waals surface area contributed by atoms with Crippen molar-refractivity contribution >= 4 is 21.8 Å². The molecule has 0 saturated heterocycles. The van der Waals surface area contributed by atoms with Gasteiger partial charge in [0.2, 0.25) is 0 Å². The van der Waals surface area contributed by atoms with Crippen molar-refractivity contribution in [2.24, 2.45) is 0 Å². The molecule has 0 radical (unpaired) electrons. The van der Waals surface area contributed by atoms with Crippen LogP contribution in [0.1, 0.15) is 42.5 Å². The van der Waals surface area contributed by atoms with E-state index in [1.165, 1.54) is 37.5 Å². The number of amides is 1. The molecule has 0 aromatic heterocycles. The Labute approximate surface area is 134 Å². The molecule has 0 spiro atoms. The minimum absolute atomic E-state index is 0.0468. The molecule has 2 rings (SSSR count). The fraction of sp³-hybridized carbons (Fsp3) is 0.562. The Bertz CT molecular complexity index is 513. The first-order valence-electron chi connectivity index (χ1n) is 7.35. The first-order chi connectivity index (χ1) is 9.94. The second kappa shape index (κ2) is 6.88. The molecule has 1 aromatic carbocycles. The van der Waals surface area contributed by atoms with Crippen molar-refractivity contribution in [1.29, 1.82) is 0 Å². The highest BCUT2D eigenvalue weighted by atomic mass is 79.9. The number of hydrogen-bond donors (Lipinski definition) is 1. The highest BCUT2D eigenvalue weighted by molar-refractivity contribution is 9.10. The first-order valence-corrected chi connectivity index (χ1v) is 8.15. The molecule has 1 amide bonds. The van der Waals surface area contributed by atoms with Crippen LogP contribution in [-0.2, 0) is 0 Å². The molecule has 0 atom stereocenters. The molecule has 1 aliphatic rings. The number of likely N-dealkylation sites (N-methyl/N-ethyl adjacent to an activating group) is 1. The van der Waals surface area contributed by atoms with Crippen molar-refractivity contribution in [1.82, 2.24) is 10.2 Å². The van der Waals surface area contributed by atoms with Gasteiger partial charge in [-0.05, 0) is 61.1 Å². The fourth-order valence-electron chi connectivity index (χ4n) is 2.98.